The number of hydrogen-bond donors (Lipinski definition) is 2. The maximum Gasteiger partial charge on any atom is 0.176 e. The molecule has 0 saturated heterocycles. The SMILES string of the molecule is C/C(Cn1ccnc1-c1nccn1C/C(C)=N/N)=N/N. The molecular weight excluding hydrogens is 256 g/mol. The van der Waals surface area contributed by atoms with Crippen LogP contribution < -0.4 is 11.7 Å². The third kappa shape index (κ3) is 2.85. The summed E-state index contributed by atoms with van der Waals surface area (Å²) in [4.78, 5) is 8.70. The molecule has 2 rings (SSSR count). The highest BCUT2D eigenvalue weighted by atomic mass is 15.2. The van der Waals surface area contributed by atoms with Crippen LogP contribution in [0.2, 0.25) is 0 Å². The molecule has 20 heavy (non-hydrogen) atoms. The zero-order valence-electron chi connectivity index (χ0n) is 11.6. The fourth-order valence-corrected chi connectivity index (χ4v) is 1.86. The average Bonchev–Trinajstić information content (AvgIpc) is 3.07. The lowest BCUT2D eigenvalue weighted by molar-refractivity contribution is 0.800. The van der Waals surface area contributed by atoms with Gasteiger partial charge in [-0.05, 0) is 13.8 Å². The van der Waals surface area contributed by atoms with Crippen molar-refractivity contribution >= 4 is 11.4 Å². The highest BCUT2D eigenvalue weighted by molar-refractivity contribution is 5.82. The van der Waals surface area contributed by atoms with E-state index in [1.165, 1.54) is 0 Å². The van der Waals surface area contributed by atoms with E-state index < -0.39 is 0 Å². The summed E-state index contributed by atoms with van der Waals surface area (Å²) in [5.41, 5.74) is 1.61. The molecule has 106 valence electrons. The molecule has 0 unspecified atom stereocenters. The van der Waals surface area contributed by atoms with Gasteiger partial charge in [-0.15, -0.1) is 0 Å². The second-order valence-corrected chi connectivity index (χ2v) is 4.49. The number of hydrazone groups is 2. The lowest BCUT2D eigenvalue weighted by Gasteiger charge is -2.09. The van der Waals surface area contributed by atoms with Crippen LogP contribution in [0, 0.1) is 0 Å². The number of nitrogens with two attached hydrogens (primary N) is 2. The van der Waals surface area contributed by atoms with Gasteiger partial charge < -0.3 is 20.8 Å². The maximum atomic E-state index is 5.27. The molecule has 0 bridgehead atoms. The zero-order valence-corrected chi connectivity index (χ0v) is 11.6. The van der Waals surface area contributed by atoms with Crippen molar-refractivity contribution in [2.45, 2.75) is 26.9 Å². The Morgan fingerprint density at radius 1 is 0.950 bits per heavy atom. The number of aromatic nitrogens is 4. The largest absolute Gasteiger partial charge is 0.323 e. The fourth-order valence-electron chi connectivity index (χ4n) is 1.86. The van der Waals surface area contributed by atoms with E-state index >= 15 is 0 Å². The first-order valence-corrected chi connectivity index (χ1v) is 6.15. The van der Waals surface area contributed by atoms with Gasteiger partial charge in [-0.1, -0.05) is 0 Å². The van der Waals surface area contributed by atoms with Crippen molar-refractivity contribution in [1.29, 1.82) is 0 Å². The molecule has 0 radical (unpaired) electrons. The molecule has 2 heterocycles. The Balaban J connectivity index is 2.33. The summed E-state index contributed by atoms with van der Waals surface area (Å²) in [7, 11) is 0. The van der Waals surface area contributed by atoms with Gasteiger partial charge in [0.25, 0.3) is 0 Å². The Morgan fingerprint density at radius 2 is 1.35 bits per heavy atom. The minimum atomic E-state index is 0.572. The third-order valence-electron chi connectivity index (χ3n) is 2.87. The van der Waals surface area contributed by atoms with Crippen molar-refractivity contribution in [3.8, 4) is 11.6 Å². The van der Waals surface area contributed by atoms with Gasteiger partial charge in [0.2, 0.25) is 0 Å². The van der Waals surface area contributed by atoms with E-state index in [0.29, 0.717) is 13.1 Å². The number of nitrogens with zero attached hydrogens (tertiary/aromatic N) is 6. The summed E-state index contributed by atoms with van der Waals surface area (Å²) in [6, 6.07) is 0. The average molecular weight is 274 g/mol. The van der Waals surface area contributed by atoms with Crippen molar-refractivity contribution in [3.05, 3.63) is 24.8 Å². The Morgan fingerprint density at radius 3 is 1.70 bits per heavy atom. The van der Waals surface area contributed by atoms with Crippen LogP contribution in [0.3, 0.4) is 0 Å². The first-order chi connectivity index (χ1) is 9.65. The van der Waals surface area contributed by atoms with E-state index in [4.69, 9.17) is 11.7 Å². The van der Waals surface area contributed by atoms with E-state index in [1.54, 1.807) is 12.4 Å². The standard InChI is InChI=1S/C12H18N8/c1-9(17-13)7-19-5-3-15-11(19)12-16-4-6-20(12)8-10(2)18-14/h3-6H,7-8,13-14H2,1-2H3/b17-9-,18-10+. The van der Waals surface area contributed by atoms with E-state index in [9.17, 15) is 0 Å². The molecule has 0 amide bonds. The zero-order chi connectivity index (χ0) is 14.5. The molecule has 0 fully saturated rings. The van der Waals surface area contributed by atoms with Gasteiger partial charge in [0.1, 0.15) is 0 Å². The van der Waals surface area contributed by atoms with Crippen molar-refractivity contribution in [3.63, 3.8) is 0 Å². The van der Waals surface area contributed by atoms with Gasteiger partial charge in [-0.3, -0.25) is 0 Å². The molecule has 4 N–H and O–H groups in total. The Labute approximate surface area is 116 Å². The molecule has 2 aromatic heterocycles. The van der Waals surface area contributed by atoms with E-state index in [0.717, 1.165) is 23.1 Å². The topological polar surface area (TPSA) is 112 Å². The lowest BCUT2D eigenvalue weighted by Crippen LogP contribution is -2.13. The van der Waals surface area contributed by atoms with Crippen LogP contribution in [0.25, 0.3) is 11.6 Å². The molecule has 0 aromatic carbocycles. The van der Waals surface area contributed by atoms with Crippen LogP contribution >= 0.6 is 0 Å². The van der Waals surface area contributed by atoms with Gasteiger partial charge in [0, 0.05) is 24.8 Å². The number of hydrogen-bond acceptors (Lipinski definition) is 6. The third-order valence-corrected chi connectivity index (χ3v) is 2.87. The van der Waals surface area contributed by atoms with Crippen LogP contribution in [0.4, 0.5) is 0 Å². The monoisotopic (exact) mass is 274 g/mol. The lowest BCUT2D eigenvalue weighted by atomic mass is 10.4. The van der Waals surface area contributed by atoms with Gasteiger partial charge in [-0.25, -0.2) is 9.97 Å². The molecule has 0 spiro atoms. The van der Waals surface area contributed by atoms with E-state index in [2.05, 4.69) is 20.2 Å². The summed E-state index contributed by atoms with van der Waals surface area (Å²) in [5, 5.41) is 7.35. The first kappa shape index (κ1) is 13.8. The van der Waals surface area contributed by atoms with Gasteiger partial charge in [0.15, 0.2) is 11.6 Å². The predicted molar refractivity (Wildman–Crippen MR) is 78.0 cm³/mol. The minimum Gasteiger partial charge on any atom is -0.323 e. The smallest absolute Gasteiger partial charge is 0.176 e. The molecule has 0 aliphatic rings. The van der Waals surface area contributed by atoms with Gasteiger partial charge >= 0.3 is 0 Å². The Kier molecular flexibility index (Phi) is 4.14. The highest BCUT2D eigenvalue weighted by Crippen LogP contribution is 2.15. The Bertz CT molecular complexity index is 577. The molecule has 0 atom stereocenters. The predicted octanol–water partition coefficient (Wildman–Crippen LogP) is 0.416. The van der Waals surface area contributed by atoms with Crippen molar-refractivity contribution < 1.29 is 0 Å². The molecule has 2 aromatic rings. The summed E-state index contributed by atoms with van der Waals surface area (Å²) < 4.78 is 3.89. The van der Waals surface area contributed by atoms with Crippen molar-refractivity contribution in [2.24, 2.45) is 21.9 Å². The van der Waals surface area contributed by atoms with Crippen molar-refractivity contribution in [1.82, 2.24) is 19.1 Å². The van der Waals surface area contributed by atoms with Crippen LogP contribution in [0.1, 0.15) is 13.8 Å². The van der Waals surface area contributed by atoms with Crippen LogP contribution in [0.15, 0.2) is 35.0 Å². The number of rotatable bonds is 5. The van der Waals surface area contributed by atoms with Crippen LogP contribution in [0.5, 0.6) is 0 Å². The van der Waals surface area contributed by atoms with Crippen LogP contribution in [-0.2, 0) is 13.1 Å². The maximum absolute atomic E-state index is 5.27. The normalized spacial score (nSPS) is 12.9. The molecule has 8 nitrogen and oxygen atoms in total. The molecule has 0 aliphatic carbocycles. The minimum absolute atomic E-state index is 0.572. The summed E-state index contributed by atoms with van der Waals surface area (Å²) in [6.07, 6.45) is 7.18. The summed E-state index contributed by atoms with van der Waals surface area (Å²) >= 11 is 0. The number of imidazole rings is 2. The molecular formula is C12H18N8. The second-order valence-electron chi connectivity index (χ2n) is 4.49. The molecule has 0 aliphatic heterocycles. The van der Waals surface area contributed by atoms with Gasteiger partial charge in [-0.2, -0.15) is 10.2 Å². The van der Waals surface area contributed by atoms with Crippen LogP contribution in [-0.4, -0.2) is 30.5 Å². The van der Waals surface area contributed by atoms with E-state index in [-0.39, 0.29) is 0 Å². The molecule has 8 heteroatoms. The van der Waals surface area contributed by atoms with Gasteiger partial charge in [0.05, 0.1) is 24.5 Å². The first-order valence-electron chi connectivity index (χ1n) is 6.15. The quantitative estimate of drug-likeness (QED) is 0.467. The van der Waals surface area contributed by atoms with E-state index in [1.807, 2.05) is 35.4 Å². The Hall–Kier alpha value is -2.64. The summed E-state index contributed by atoms with van der Waals surface area (Å²) in [6.45, 7) is 4.87. The second kappa shape index (κ2) is 6.00. The highest BCUT2D eigenvalue weighted by Gasteiger charge is 2.13. The fraction of sp³-hybridized carbons (Fsp3) is 0.333. The summed E-state index contributed by atoms with van der Waals surface area (Å²) in [5.74, 6) is 12.1. The molecule has 0 saturated carbocycles. The van der Waals surface area contributed by atoms with Crippen molar-refractivity contribution in [2.75, 3.05) is 0 Å².